The molecule has 34 heavy (non-hydrogen) atoms. The van der Waals surface area contributed by atoms with E-state index >= 15 is 0 Å². The Kier molecular flexibility index (Phi) is 4.76. The molecule has 0 radical (unpaired) electrons. The van der Waals surface area contributed by atoms with Gasteiger partial charge in [-0.15, -0.1) is 0 Å². The molecule has 0 saturated carbocycles. The number of H-pyrrole nitrogens is 1. The van der Waals surface area contributed by atoms with Gasteiger partial charge in [0.2, 0.25) is 12.7 Å². The Morgan fingerprint density at radius 2 is 1.79 bits per heavy atom. The van der Waals surface area contributed by atoms with Crippen molar-refractivity contribution in [3.05, 3.63) is 89.1 Å². The number of ether oxygens (including phenoxy) is 2. The summed E-state index contributed by atoms with van der Waals surface area (Å²) in [5.41, 5.74) is 5.51. The fourth-order valence-electron chi connectivity index (χ4n) is 4.95. The quantitative estimate of drug-likeness (QED) is 0.473. The molecule has 6 rings (SSSR count). The number of aromatic amines is 1. The summed E-state index contributed by atoms with van der Waals surface area (Å²) in [5, 5.41) is 3.93. The van der Waals surface area contributed by atoms with Gasteiger partial charge in [0.05, 0.1) is 6.04 Å². The van der Waals surface area contributed by atoms with Gasteiger partial charge in [-0.3, -0.25) is 9.59 Å². The molecule has 2 amide bonds. The van der Waals surface area contributed by atoms with E-state index in [4.69, 9.17) is 9.47 Å². The number of carbonyl (C=O) groups is 2. The first-order valence-corrected chi connectivity index (χ1v) is 11.3. The molecule has 4 aromatic rings. The molecule has 1 atom stereocenters. The molecular formula is C27H23N3O4. The number of carbonyl (C=O) groups excluding carboxylic acids is 2. The maximum atomic E-state index is 13.7. The molecule has 2 aliphatic rings. The van der Waals surface area contributed by atoms with E-state index in [0.717, 1.165) is 23.2 Å². The molecule has 2 N–H and O–H groups in total. The van der Waals surface area contributed by atoms with Crippen LogP contribution in [0.25, 0.3) is 10.9 Å². The van der Waals surface area contributed by atoms with Crippen molar-refractivity contribution in [2.75, 3.05) is 18.7 Å². The van der Waals surface area contributed by atoms with Crippen LogP contribution in [-0.4, -0.2) is 35.0 Å². The van der Waals surface area contributed by atoms with E-state index in [0.29, 0.717) is 29.3 Å². The van der Waals surface area contributed by atoms with Crippen LogP contribution in [-0.2, 0) is 11.2 Å². The average molecular weight is 453 g/mol. The summed E-state index contributed by atoms with van der Waals surface area (Å²) >= 11 is 0. The second kappa shape index (κ2) is 7.95. The van der Waals surface area contributed by atoms with Crippen molar-refractivity contribution in [3.8, 4) is 11.5 Å². The minimum atomic E-state index is -0.298. The van der Waals surface area contributed by atoms with Crippen molar-refractivity contribution in [2.24, 2.45) is 0 Å². The Morgan fingerprint density at radius 3 is 2.62 bits per heavy atom. The van der Waals surface area contributed by atoms with Crippen LogP contribution in [0.15, 0.2) is 66.7 Å². The summed E-state index contributed by atoms with van der Waals surface area (Å²) in [7, 11) is 0. The number of rotatable bonds is 3. The van der Waals surface area contributed by atoms with E-state index in [1.54, 1.807) is 24.3 Å². The lowest BCUT2D eigenvalue weighted by atomic mass is 9.91. The van der Waals surface area contributed by atoms with Gasteiger partial charge in [-0.05, 0) is 60.0 Å². The second-order valence-electron chi connectivity index (χ2n) is 8.59. The number of hydrogen-bond acceptors (Lipinski definition) is 4. The zero-order valence-electron chi connectivity index (χ0n) is 18.6. The highest BCUT2D eigenvalue weighted by atomic mass is 16.7. The molecule has 3 heterocycles. The number of aromatic nitrogens is 1. The SMILES string of the molecule is CC(=O)Nc1ccc(C(=O)N2CCc3c([nH]c4ccccc34)C2c2ccc3c(c2)OCO3)cc1. The van der Waals surface area contributed by atoms with Crippen molar-refractivity contribution >= 4 is 28.4 Å². The zero-order valence-corrected chi connectivity index (χ0v) is 18.6. The van der Waals surface area contributed by atoms with Gasteiger partial charge in [0, 0.05) is 41.3 Å². The Bertz CT molecular complexity index is 1420. The Morgan fingerprint density at radius 1 is 1.00 bits per heavy atom. The minimum absolute atomic E-state index is 0.0682. The number of anilines is 1. The third kappa shape index (κ3) is 3.37. The third-order valence-electron chi connectivity index (χ3n) is 6.46. The predicted molar refractivity (Wildman–Crippen MR) is 128 cm³/mol. The first kappa shape index (κ1) is 20.4. The van der Waals surface area contributed by atoms with E-state index in [1.165, 1.54) is 17.9 Å². The number of amides is 2. The topological polar surface area (TPSA) is 83.7 Å². The van der Waals surface area contributed by atoms with Crippen molar-refractivity contribution in [3.63, 3.8) is 0 Å². The van der Waals surface area contributed by atoms with Gasteiger partial charge in [-0.25, -0.2) is 0 Å². The number of nitrogens with zero attached hydrogens (tertiary/aromatic N) is 1. The van der Waals surface area contributed by atoms with E-state index in [1.807, 2.05) is 35.2 Å². The Hall–Kier alpha value is -4.26. The monoisotopic (exact) mass is 453 g/mol. The third-order valence-corrected chi connectivity index (χ3v) is 6.46. The molecule has 2 aliphatic heterocycles. The molecule has 1 unspecified atom stereocenters. The number of hydrogen-bond donors (Lipinski definition) is 2. The van der Waals surface area contributed by atoms with Gasteiger partial charge in [-0.1, -0.05) is 24.3 Å². The summed E-state index contributed by atoms with van der Waals surface area (Å²) in [6, 6.07) is 20.8. The molecule has 0 bridgehead atoms. The van der Waals surface area contributed by atoms with Crippen LogP contribution in [0.4, 0.5) is 5.69 Å². The Labute approximate surface area is 196 Å². The lowest BCUT2D eigenvalue weighted by Gasteiger charge is -2.36. The fraction of sp³-hybridized carbons (Fsp3) is 0.185. The van der Waals surface area contributed by atoms with Crippen LogP contribution < -0.4 is 14.8 Å². The smallest absolute Gasteiger partial charge is 0.254 e. The lowest BCUT2D eigenvalue weighted by Crippen LogP contribution is -2.40. The molecule has 170 valence electrons. The van der Waals surface area contributed by atoms with Gasteiger partial charge in [0.1, 0.15) is 0 Å². The largest absolute Gasteiger partial charge is 0.454 e. The average Bonchev–Trinajstić information content (AvgIpc) is 3.47. The minimum Gasteiger partial charge on any atom is -0.454 e. The van der Waals surface area contributed by atoms with Crippen LogP contribution in [0.5, 0.6) is 11.5 Å². The van der Waals surface area contributed by atoms with E-state index in [2.05, 4.69) is 22.4 Å². The van der Waals surface area contributed by atoms with Crippen molar-refractivity contribution in [1.29, 1.82) is 0 Å². The van der Waals surface area contributed by atoms with Crippen LogP contribution in [0.3, 0.4) is 0 Å². The highest BCUT2D eigenvalue weighted by Crippen LogP contribution is 2.42. The summed E-state index contributed by atoms with van der Waals surface area (Å²) in [5.74, 6) is 1.18. The molecule has 0 saturated heterocycles. The van der Waals surface area contributed by atoms with Gasteiger partial charge in [0.25, 0.3) is 5.91 Å². The van der Waals surface area contributed by atoms with Gasteiger partial charge in [0.15, 0.2) is 11.5 Å². The predicted octanol–water partition coefficient (Wildman–Crippen LogP) is 4.64. The highest BCUT2D eigenvalue weighted by Gasteiger charge is 2.35. The molecule has 7 nitrogen and oxygen atoms in total. The summed E-state index contributed by atoms with van der Waals surface area (Å²) < 4.78 is 11.1. The van der Waals surface area contributed by atoms with E-state index < -0.39 is 0 Å². The molecule has 0 spiro atoms. The first-order chi connectivity index (χ1) is 16.6. The molecular weight excluding hydrogens is 430 g/mol. The summed E-state index contributed by atoms with van der Waals surface area (Å²) in [4.78, 5) is 30.6. The number of benzene rings is 3. The standard InChI is InChI=1S/C27H23N3O4/c1-16(31)28-19-9-6-17(7-10-19)27(32)30-13-12-21-20-4-2-3-5-22(20)29-25(21)26(30)18-8-11-23-24(14-18)34-15-33-23/h2-11,14,26,29H,12-13,15H2,1H3,(H,28,31). The highest BCUT2D eigenvalue weighted by molar-refractivity contribution is 5.96. The molecule has 3 aromatic carbocycles. The van der Waals surface area contributed by atoms with E-state index in [9.17, 15) is 9.59 Å². The Balaban J connectivity index is 1.43. The van der Waals surface area contributed by atoms with Gasteiger partial charge < -0.3 is 24.7 Å². The van der Waals surface area contributed by atoms with Crippen molar-refractivity contribution in [1.82, 2.24) is 9.88 Å². The molecule has 0 aliphatic carbocycles. The zero-order chi connectivity index (χ0) is 23.2. The van der Waals surface area contributed by atoms with Crippen LogP contribution in [0, 0.1) is 0 Å². The maximum Gasteiger partial charge on any atom is 0.254 e. The fourth-order valence-corrected chi connectivity index (χ4v) is 4.95. The normalized spacial score (nSPS) is 16.4. The lowest BCUT2D eigenvalue weighted by molar-refractivity contribution is -0.114. The summed E-state index contributed by atoms with van der Waals surface area (Å²) in [6.07, 6.45) is 0.760. The van der Waals surface area contributed by atoms with Crippen molar-refractivity contribution < 1.29 is 19.1 Å². The number of para-hydroxylation sites is 1. The molecule has 0 fully saturated rings. The van der Waals surface area contributed by atoms with Crippen molar-refractivity contribution in [2.45, 2.75) is 19.4 Å². The van der Waals surface area contributed by atoms with Crippen LogP contribution in [0.1, 0.15) is 40.1 Å². The van der Waals surface area contributed by atoms with Crippen LogP contribution in [0.2, 0.25) is 0 Å². The van der Waals surface area contributed by atoms with Crippen LogP contribution >= 0.6 is 0 Å². The van der Waals surface area contributed by atoms with Gasteiger partial charge in [-0.2, -0.15) is 0 Å². The first-order valence-electron chi connectivity index (χ1n) is 11.3. The summed E-state index contributed by atoms with van der Waals surface area (Å²) in [6.45, 7) is 2.24. The number of fused-ring (bicyclic) bond motifs is 4. The molecule has 7 heteroatoms. The molecule has 1 aromatic heterocycles. The second-order valence-corrected chi connectivity index (χ2v) is 8.59. The number of nitrogens with one attached hydrogen (secondary N) is 2. The van der Waals surface area contributed by atoms with Gasteiger partial charge >= 0.3 is 0 Å². The maximum absolute atomic E-state index is 13.7. The van der Waals surface area contributed by atoms with E-state index in [-0.39, 0.29) is 24.6 Å².